The van der Waals surface area contributed by atoms with Crippen LogP contribution in [0.1, 0.15) is 0 Å². The summed E-state index contributed by atoms with van der Waals surface area (Å²) in [6.07, 6.45) is 2.67. The third kappa shape index (κ3) is 4.29. The zero-order valence-electron chi connectivity index (χ0n) is 14.2. The molecule has 2 aromatic rings. The lowest BCUT2D eigenvalue weighted by atomic mass is 10.3. The van der Waals surface area contributed by atoms with Crippen molar-refractivity contribution in [2.24, 2.45) is 0 Å². The molecule has 0 radical (unpaired) electrons. The van der Waals surface area contributed by atoms with Crippen LogP contribution >= 0.6 is 23.2 Å². The van der Waals surface area contributed by atoms with Crippen molar-refractivity contribution >= 4 is 34.8 Å². The van der Waals surface area contributed by atoms with Gasteiger partial charge in [0.05, 0.1) is 28.8 Å². The molecule has 1 heterocycles. The molecular formula is C17H16Cl2N4O4. The van der Waals surface area contributed by atoms with Crippen LogP contribution < -0.4 is 22.4 Å². The molecule has 142 valence electrons. The van der Waals surface area contributed by atoms with E-state index >= 15 is 0 Å². The molecule has 2 rings (SSSR count). The van der Waals surface area contributed by atoms with Gasteiger partial charge in [-0.05, 0) is 12.1 Å². The lowest BCUT2D eigenvalue weighted by molar-refractivity contribution is -0.116. The van der Waals surface area contributed by atoms with Crippen LogP contribution in [-0.2, 0) is 24.4 Å². The first-order valence-electron chi connectivity index (χ1n) is 7.72. The van der Waals surface area contributed by atoms with Gasteiger partial charge in [-0.15, -0.1) is 13.2 Å². The maximum absolute atomic E-state index is 12.5. The average molecular weight is 411 g/mol. The molecule has 0 saturated heterocycles. The quantitative estimate of drug-likeness (QED) is 0.699. The van der Waals surface area contributed by atoms with Crippen LogP contribution in [0.25, 0.3) is 0 Å². The van der Waals surface area contributed by atoms with E-state index in [1.165, 1.54) is 18.2 Å². The molecule has 0 bridgehead atoms. The second-order valence-electron chi connectivity index (χ2n) is 5.38. The number of carbonyl (C=O) groups is 1. The normalized spacial score (nSPS) is 10.4. The van der Waals surface area contributed by atoms with E-state index in [0.717, 1.165) is 9.13 Å². The van der Waals surface area contributed by atoms with Crippen molar-refractivity contribution in [3.63, 3.8) is 0 Å². The SMILES string of the molecule is C=CCn1c(=O)n(CC=C)c(=O)n(CC(=O)Nc2cccc(Cl)c2Cl)c1=O. The monoisotopic (exact) mass is 410 g/mol. The molecule has 10 heteroatoms. The van der Waals surface area contributed by atoms with E-state index < -0.39 is 29.5 Å². The maximum Gasteiger partial charge on any atom is 0.337 e. The third-order valence-electron chi connectivity index (χ3n) is 3.54. The molecule has 8 nitrogen and oxygen atoms in total. The fourth-order valence-corrected chi connectivity index (χ4v) is 2.67. The molecule has 0 aliphatic rings. The Balaban J connectivity index is 2.47. The topological polar surface area (TPSA) is 95.1 Å². The van der Waals surface area contributed by atoms with Crippen LogP contribution in [0.4, 0.5) is 5.69 Å². The predicted octanol–water partition coefficient (Wildman–Crippen LogP) is 1.49. The van der Waals surface area contributed by atoms with E-state index in [0.29, 0.717) is 4.57 Å². The van der Waals surface area contributed by atoms with Gasteiger partial charge in [0.25, 0.3) is 0 Å². The zero-order chi connectivity index (χ0) is 20.1. The van der Waals surface area contributed by atoms with Gasteiger partial charge < -0.3 is 5.32 Å². The molecule has 0 saturated carbocycles. The van der Waals surface area contributed by atoms with E-state index in [1.54, 1.807) is 12.1 Å². The van der Waals surface area contributed by atoms with E-state index in [9.17, 15) is 19.2 Å². The van der Waals surface area contributed by atoms with Crippen LogP contribution in [0.2, 0.25) is 10.0 Å². The second-order valence-corrected chi connectivity index (χ2v) is 6.17. The molecule has 0 atom stereocenters. The molecule has 0 aliphatic carbocycles. The summed E-state index contributed by atoms with van der Waals surface area (Å²) in [7, 11) is 0. The molecule has 1 N–H and O–H groups in total. The highest BCUT2D eigenvalue weighted by molar-refractivity contribution is 6.43. The van der Waals surface area contributed by atoms with Gasteiger partial charge in [0.2, 0.25) is 5.91 Å². The minimum atomic E-state index is -0.919. The number of carbonyl (C=O) groups excluding carboxylic acids is 1. The van der Waals surface area contributed by atoms with Gasteiger partial charge >= 0.3 is 17.1 Å². The van der Waals surface area contributed by atoms with Gasteiger partial charge in [0.15, 0.2) is 0 Å². The van der Waals surface area contributed by atoms with E-state index in [1.807, 2.05) is 0 Å². The summed E-state index contributed by atoms with van der Waals surface area (Å²) < 4.78 is 2.26. The number of benzene rings is 1. The number of rotatable bonds is 7. The molecule has 1 aromatic heterocycles. The maximum atomic E-state index is 12.5. The summed E-state index contributed by atoms with van der Waals surface area (Å²) in [5.41, 5.74) is -2.41. The predicted molar refractivity (Wildman–Crippen MR) is 105 cm³/mol. The standard InChI is InChI=1S/C17H16Cl2N4O4/c1-3-8-21-15(25)22(9-4-2)17(27)23(16(21)26)10-13(24)20-12-7-5-6-11(18)14(12)19/h3-7H,1-2,8-10H2,(H,20,24). The van der Waals surface area contributed by atoms with Crippen LogP contribution in [0.5, 0.6) is 0 Å². The second kappa shape index (κ2) is 8.70. The highest BCUT2D eigenvalue weighted by atomic mass is 35.5. The van der Waals surface area contributed by atoms with Crippen LogP contribution in [0.15, 0.2) is 57.9 Å². The highest BCUT2D eigenvalue weighted by Crippen LogP contribution is 2.29. The Morgan fingerprint density at radius 2 is 1.48 bits per heavy atom. The van der Waals surface area contributed by atoms with E-state index in [4.69, 9.17) is 23.2 Å². The smallest absolute Gasteiger partial charge is 0.323 e. The Labute approximate surface area is 163 Å². The zero-order valence-corrected chi connectivity index (χ0v) is 15.7. The van der Waals surface area contributed by atoms with Crippen molar-refractivity contribution in [3.05, 3.63) is 85.0 Å². The summed E-state index contributed by atoms with van der Waals surface area (Å²) >= 11 is 11.9. The molecule has 0 unspecified atom stereocenters. The van der Waals surface area contributed by atoms with Gasteiger partial charge in [0, 0.05) is 0 Å². The molecule has 27 heavy (non-hydrogen) atoms. The Morgan fingerprint density at radius 3 is 2.00 bits per heavy atom. The van der Waals surface area contributed by atoms with Gasteiger partial charge in [-0.25, -0.2) is 28.1 Å². The number of nitrogens with one attached hydrogen (secondary N) is 1. The first kappa shape index (κ1) is 20.5. The van der Waals surface area contributed by atoms with Gasteiger partial charge in [0.1, 0.15) is 6.54 Å². The molecule has 0 aliphatic heterocycles. The third-order valence-corrected chi connectivity index (χ3v) is 4.36. The summed E-state index contributed by atoms with van der Waals surface area (Å²) in [6, 6.07) is 4.64. The number of aromatic nitrogens is 3. The fraction of sp³-hybridized carbons (Fsp3) is 0.176. The van der Waals surface area contributed by atoms with Crippen LogP contribution in [0.3, 0.4) is 0 Å². The first-order chi connectivity index (χ1) is 12.8. The van der Waals surface area contributed by atoms with Crippen molar-refractivity contribution in [1.29, 1.82) is 0 Å². The van der Waals surface area contributed by atoms with Crippen LogP contribution in [-0.4, -0.2) is 19.6 Å². The van der Waals surface area contributed by atoms with Crippen LogP contribution in [0, 0.1) is 0 Å². The lowest BCUT2D eigenvalue weighted by Crippen LogP contribution is -2.55. The van der Waals surface area contributed by atoms with E-state index in [-0.39, 0.29) is 28.8 Å². The Kier molecular flexibility index (Phi) is 6.59. The van der Waals surface area contributed by atoms with Gasteiger partial charge in [-0.2, -0.15) is 0 Å². The first-order valence-corrected chi connectivity index (χ1v) is 8.47. The summed E-state index contributed by atoms with van der Waals surface area (Å²) in [4.78, 5) is 49.6. The number of amides is 1. The highest BCUT2D eigenvalue weighted by Gasteiger charge is 2.17. The van der Waals surface area contributed by atoms with Crippen molar-refractivity contribution in [1.82, 2.24) is 13.7 Å². The Morgan fingerprint density at radius 1 is 0.963 bits per heavy atom. The van der Waals surface area contributed by atoms with E-state index in [2.05, 4.69) is 18.5 Å². The number of anilines is 1. The fourth-order valence-electron chi connectivity index (χ4n) is 2.32. The van der Waals surface area contributed by atoms with Gasteiger partial charge in [-0.1, -0.05) is 41.4 Å². The number of allylic oxidation sites excluding steroid dienone is 2. The number of halogens is 2. The van der Waals surface area contributed by atoms with Crippen molar-refractivity contribution in [2.75, 3.05) is 5.32 Å². The number of hydrogen-bond acceptors (Lipinski definition) is 4. The van der Waals surface area contributed by atoms with Gasteiger partial charge in [-0.3, -0.25) is 4.79 Å². The molecule has 1 amide bonds. The molecule has 1 aromatic carbocycles. The Hall–Kier alpha value is -2.84. The number of hydrogen-bond donors (Lipinski definition) is 1. The Bertz CT molecular complexity index is 1030. The molecular weight excluding hydrogens is 395 g/mol. The summed E-state index contributed by atoms with van der Waals surface area (Å²) in [5, 5.41) is 2.84. The van der Waals surface area contributed by atoms with Crippen molar-refractivity contribution in [2.45, 2.75) is 19.6 Å². The average Bonchev–Trinajstić information content (AvgIpc) is 2.63. The minimum absolute atomic E-state index is 0.114. The molecule has 0 fully saturated rings. The number of nitrogens with zero attached hydrogens (tertiary/aromatic N) is 3. The summed E-state index contributed by atoms with van der Waals surface area (Å²) in [6.45, 7) is 6.11. The van der Waals surface area contributed by atoms with Crippen molar-refractivity contribution < 1.29 is 4.79 Å². The minimum Gasteiger partial charge on any atom is -0.323 e. The largest absolute Gasteiger partial charge is 0.337 e. The summed E-state index contributed by atoms with van der Waals surface area (Å²) in [5.74, 6) is -0.688. The lowest BCUT2D eigenvalue weighted by Gasteiger charge is -2.13. The van der Waals surface area contributed by atoms with Crippen molar-refractivity contribution in [3.8, 4) is 0 Å². The molecule has 0 spiro atoms.